The predicted octanol–water partition coefficient (Wildman–Crippen LogP) is -3.83. The molecule has 0 saturated heterocycles. The number of benzene rings is 1. The molecule has 74 heavy (non-hydrogen) atoms. The van der Waals surface area contributed by atoms with E-state index in [4.69, 9.17) is 5.73 Å². The van der Waals surface area contributed by atoms with Crippen molar-refractivity contribution in [1.82, 2.24) is 52.5 Å². The van der Waals surface area contributed by atoms with Crippen molar-refractivity contribution >= 4 is 59.2 Å². The zero-order chi connectivity index (χ0) is 56.0. The number of carboxylic acid groups (broad SMARTS) is 2. The number of carbonyl (C=O) groups excluding carboxylic acids is 8. The number of aromatic amines is 1. The summed E-state index contributed by atoms with van der Waals surface area (Å²) in [5, 5.41) is 78.5. The molecule has 0 aliphatic rings. The largest absolute Gasteiger partial charge is 0.508 e. The number of nitrogens with two attached hydrogens (primary N) is 1. The van der Waals surface area contributed by atoms with E-state index in [-0.39, 0.29) is 43.3 Å². The highest BCUT2D eigenvalue weighted by Crippen LogP contribution is 2.15. The van der Waals surface area contributed by atoms with Gasteiger partial charge in [0.25, 0.3) is 0 Å². The highest BCUT2D eigenvalue weighted by Gasteiger charge is 2.37. The lowest BCUT2D eigenvalue weighted by atomic mass is 9.98. The number of carboxylic acids is 2. The van der Waals surface area contributed by atoms with Crippen LogP contribution in [0.4, 0.5) is 0 Å². The Morgan fingerprint density at radius 1 is 0.581 bits per heavy atom. The number of H-pyrrole nitrogens is 1. The van der Waals surface area contributed by atoms with Gasteiger partial charge in [0.2, 0.25) is 47.3 Å². The molecule has 1 aromatic heterocycles. The van der Waals surface area contributed by atoms with E-state index in [0.717, 1.165) is 0 Å². The Hall–Kier alpha value is -7.23. The molecule has 0 fully saturated rings. The number of aliphatic hydroxyl groups excluding tert-OH is 3. The summed E-state index contributed by atoms with van der Waals surface area (Å²) in [6, 6.07) is -8.79. The number of phenolic OH excluding ortho intramolecular Hbond substituents is 1. The van der Waals surface area contributed by atoms with Gasteiger partial charge < -0.3 is 83.9 Å². The Labute approximate surface area is 427 Å². The fourth-order valence-electron chi connectivity index (χ4n) is 7.19. The Bertz CT molecular complexity index is 2210. The minimum atomic E-state index is -1.98. The average Bonchev–Trinajstić information content (AvgIpc) is 3.85. The van der Waals surface area contributed by atoms with Crippen LogP contribution >= 0.6 is 0 Å². The summed E-state index contributed by atoms with van der Waals surface area (Å²) in [5.74, 6) is -12.5. The van der Waals surface area contributed by atoms with Gasteiger partial charge in [-0.15, -0.1) is 0 Å². The molecular formula is C47H73N11O16. The van der Waals surface area contributed by atoms with Crippen molar-refractivity contribution in [2.45, 2.75) is 147 Å². The minimum Gasteiger partial charge on any atom is -0.508 e. The quantitative estimate of drug-likeness (QED) is 0.0334. The second kappa shape index (κ2) is 30.7. The molecule has 0 spiro atoms. The Morgan fingerprint density at radius 2 is 1.03 bits per heavy atom. The van der Waals surface area contributed by atoms with Crippen molar-refractivity contribution < 1.29 is 78.6 Å². The maximum atomic E-state index is 14.3. The number of aliphatic hydroxyl groups is 3. The molecule has 0 bridgehead atoms. The van der Waals surface area contributed by atoms with E-state index in [9.17, 15) is 78.6 Å². The summed E-state index contributed by atoms with van der Waals surface area (Å²) < 4.78 is 0. The third-order valence-electron chi connectivity index (χ3n) is 11.5. The Kier molecular flexibility index (Phi) is 26.1. The van der Waals surface area contributed by atoms with Gasteiger partial charge in [0.05, 0.1) is 32.1 Å². The molecule has 412 valence electrons. The van der Waals surface area contributed by atoms with Gasteiger partial charge in [-0.3, -0.25) is 43.2 Å². The molecule has 0 saturated carbocycles. The number of hydrogen-bond donors (Lipinski definition) is 16. The number of aromatic nitrogens is 2. The van der Waals surface area contributed by atoms with Crippen LogP contribution in [-0.4, -0.2) is 173 Å². The van der Waals surface area contributed by atoms with Gasteiger partial charge in [0, 0.05) is 24.7 Å². The van der Waals surface area contributed by atoms with Crippen LogP contribution in [0.5, 0.6) is 5.75 Å². The van der Waals surface area contributed by atoms with E-state index in [1.807, 2.05) is 0 Å². The molecule has 8 amide bonds. The van der Waals surface area contributed by atoms with E-state index in [0.29, 0.717) is 17.7 Å². The van der Waals surface area contributed by atoms with Gasteiger partial charge in [-0.2, -0.15) is 0 Å². The molecule has 1 aromatic carbocycles. The smallest absolute Gasteiger partial charge is 0.326 e. The van der Waals surface area contributed by atoms with E-state index in [2.05, 4.69) is 52.5 Å². The molecule has 0 aliphatic heterocycles. The van der Waals surface area contributed by atoms with Crippen LogP contribution in [0.2, 0.25) is 0 Å². The number of carbonyl (C=O) groups is 10. The molecule has 17 N–H and O–H groups in total. The predicted molar refractivity (Wildman–Crippen MR) is 262 cm³/mol. The van der Waals surface area contributed by atoms with Crippen LogP contribution in [0, 0.1) is 17.8 Å². The Morgan fingerprint density at radius 3 is 1.49 bits per heavy atom. The highest BCUT2D eigenvalue weighted by molar-refractivity contribution is 5.99. The van der Waals surface area contributed by atoms with Crippen LogP contribution in [0.3, 0.4) is 0 Å². The lowest BCUT2D eigenvalue weighted by Gasteiger charge is -2.29. The standard InChI is InChI=1S/C47H73N11O16/c1-8-24(6)37(47(73)74)57-46(72)38(25(7)61)58-44(70)31(14-23(4)5)53-40(66)30(13-22(2)3)52-41(67)32(15-26-9-11-28(62)12-10-26)54-43(69)34(17-36(63)64)55-45(71)35(20-60)56-42(68)33(16-27-18-49-21-50-27)51-39(65)29(48)19-59/h9-12,18,21-25,29-35,37-38,59-62H,8,13-17,19-20,48H2,1-7H3,(H,49,50)(H,51,65)(H,52,67)(H,53,66)(H,54,69)(H,55,71)(H,56,68)(H,57,72)(H,58,70)(H,63,64)(H,73,74)/t24-,25+,29-,30-,31-,32-,33-,34-,35-,37-,38-/m0/s1. The summed E-state index contributed by atoms with van der Waals surface area (Å²) >= 11 is 0. The average molecular weight is 1050 g/mol. The van der Waals surface area contributed by atoms with Gasteiger partial charge in [-0.1, -0.05) is 60.1 Å². The van der Waals surface area contributed by atoms with Crippen molar-refractivity contribution in [2.75, 3.05) is 13.2 Å². The van der Waals surface area contributed by atoms with Crippen LogP contribution in [0.25, 0.3) is 0 Å². The number of imidazole rings is 1. The number of amides is 8. The van der Waals surface area contributed by atoms with Crippen molar-refractivity contribution in [2.24, 2.45) is 23.5 Å². The minimum absolute atomic E-state index is 0.0165. The first-order valence-electron chi connectivity index (χ1n) is 24.0. The number of nitrogens with zero attached hydrogens (tertiary/aromatic N) is 1. The van der Waals surface area contributed by atoms with Crippen molar-refractivity contribution in [3.05, 3.63) is 48.0 Å². The van der Waals surface area contributed by atoms with Crippen LogP contribution in [0.1, 0.15) is 85.4 Å². The molecule has 2 aromatic rings. The number of hydrogen-bond acceptors (Lipinski definition) is 16. The van der Waals surface area contributed by atoms with Crippen molar-refractivity contribution in [3.8, 4) is 5.75 Å². The number of phenols is 1. The molecular weight excluding hydrogens is 975 g/mol. The normalized spacial score (nSPS) is 15.7. The molecule has 2 rings (SSSR count). The second-order valence-electron chi connectivity index (χ2n) is 18.8. The number of nitrogens with one attached hydrogen (secondary N) is 9. The zero-order valence-electron chi connectivity index (χ0n) is 42.4. The van der Waals surface area contributed by atoms with E-state index in [1.54, 1.807) is 41.5 Å². The van der Waals surface area contributed by atoms with Gasteiger partial charge in [-0.05, 0) is 55.2 Å². The third-order valence-corrected chi connectivity index (χ3v) is 11.5. The molecule has 27 nitrogen and oxygen atoms in total. The topological polar surface area (TPSA) is 443 Å². The monoisotopic (exact) mass is 1050 g/mol. The van der Waals surface area contributed by atoms with Crippen LogP contribution in [-0.2, 0) is 60.8 Å². The lowest BCUT2D eigenvalue weighted by Crippen LogP contribution is -2.62. The van der Waals surface area contributed by atoms with Crippen molar-refractivity contribution in [3.63, 3.8) is 0 Å². The van der Waals surface area contributed by atoms with Gasteiger partial charge in [0.1, 0.15) is 60.1 Å². The first kappa shape index (κ1) is 62.9. The number of aliphatic carboxylic acids is 2. The zero-order valence-corrected chi connectivity index (χ0v) is 42.4. The summed E-state index contributed by atoms with van der Waals surface area (Å²) in [7, 11) is 0. The summed E-state index contributed by atoms with van der Waals surface area (Å²) in [4.78, 5) is 140. The Balaban J connectivity index is 2.45. The van der Waals surface area contributed by atoms with E-state index >= 15 is 0 Å². The molecule has 27 heteroatoms. The maximum Gasteiger partial charge on any atom is 0.326 e. The highest BCUT2D eigenvalue weighted by atomic mass is 16.4. The molecule has 11 atom stereocenters. The van der Waals surface area contributed by atoms with Gasteiger partial charge in [-0.25, -0.2) is 9.78 Å². The van der Waals surface area contributed by atoms with Crippen molar-refractivity contribution in [1.29, 1.82) is 0 Å². The molecule has 1 heterocycles. The van der Waals surface area contributed by atoms with E-state index < -0.39 is 145 Å². The van der Waals surface area contributed by atoms with Crippen LogP contribution in [0.15, 0.2) is 36.8 Å². The summed E-state index contributed by atoms with van der Waals surface area (Å²) in [6.45, 7) is 9.55. The maximum absolute atomic E-state index is 14.3. The van der Waals surface area contributed by atoms with Gasteiger partial charge in [0.15, 0.2) is 0 Å². The molecule has 0 unspecified atom stereocenters. The van der Waals surface area contributed by atoms with Gasteiger partial charge >= 0.3 is 11.9 Å². The molecule has 0 radical (unpaired) electrons. The number of rotatable bonds is 32. The molecule has 0 aliphatic carbocycles. The fraction of sp³-hybridized carbons (Fsp3) is 0.596. The number of aromatic hydroxyl groups is 1. The first-order chi connectivity index (χ1) is 34.7. The summed E-state index contributed by atoms with van der Waals surface area (Å²) in [6.07, 6.45) is -0.267. The van der Waals surface area contributed by atoms with Crippen LogP contribution < -0.4 is 48.3 Å². The lowest BCUT2D eigenvalue weighted by molar-refractivity contribution is -0.144. The first-order valence-corrected chi connectivity index (χ1v) is 24.0. The second-order valence-corrected chi connectivity index (χ2v) is 18.8. The SMILES string of the molecule is CC[C@H](C)[C@H](NC(=O)[C@@H](NC(=O)[C@H](CC(C)C)NC(=O)[C@H](CC(C)C)NC(=O)[C@H](Cc1ccc(O)cc1)NC(=O)[C@H](CC(=O)O)NC(=O)[C@H](CO)NC(=O)[C@H](Cc1cnc[nH]1)NC(=O)[C@@H](N)CO)[C@@H](C)O)C(=O)O. The fourth-order valence-corrected chi connectivity index (χ4v) is 7.19. The third kappa shape index (κ3) is 21.1. The van der Waals surface area contributed by atoms with E-state index in [1.165, 1.54) is 43.7 Å². The summed E-state index contributed by atoms with van der Waals surface area (Å²) in [5.41, 5.74) is 6.27.